The number of likely N-dealkylation sites (tertiary alicyclic amines) is 1. The lowest BCUT2D eigenvalue weighted by Gasteiger charge is -2.23. The normalized spacial score (nSPS) is 16.5. The van der Waals surface area contributed by atoms with E-state index >= 15 is 0 Å². The van der Waals surface area contributed by atoms with E-state index in [1.807, 2.05) is 30.6 Å². The van der Waals surface area contributed by atoms with E-state index in [1.165, 1.54) is 43.4 Å². The highest BCUT2D eigenvalue weighted by atomic mass is 32.1. The van der Waals surface area contributed by atoms with Crippen molar-refractivity contribution in [2.75, 3.05) is 20.1 Å². The van der Waals surface area contributed by atoms with Gasteiger partial charge < -0.3 is 15.1 Å². The molecule has 2 aliphatic rings. The third-order valence-corrected chi connectivity index (χ3v) is 6.86. The van der Waals surface area contributed by atoms with E-state index in [4.69, 9.17) is 4.99 Å². The van der Waals surface area contributed by atoms with Gasteiger partial charge >= 0.3 is 0 Å². The van der Waals surface area contributed by atoms with Crippen LogP contribution in [0.4, 0.5) is 5.69 Å². The van der Waals surface area contributed by atoms with Gasteiger partial charge in [-0.15, -0.1) is 11.3 Å². The number of nitrogens with zero attached hydrogens (tertiary/aromatic N) is 4. The van der Waals surface area contributed by atoms with Crippen LogP contribution >= 0.6 is 11.3 Å². The molecule has 2 heterocycles. The second-order valence-electron chi connectivity index (χ2n) is 8.35. The Bertz CT molecular complexity index is 982. The highest BCUT2D eigenvalue weighted by Crippen LogP contribution is 2.32. The van der Waals surface area contributed by atoms with Crippen molar-refractivity contribution < 1.29 is 4.79 Å². The Hall–Kier alpha value is -2.69. The summed E-state index contributed by atoms with van der Waals surface area (Å²) >= 11 is 1.52. The first-order valence-corrected chi connectivity index (χ1v) is 11.8. The minimum absolute atomic E-state index is 0.0544. The number of thiophene rings is 1. The van der Waals surface area contributed by atoms with Crippen LogP contribution in [0.1, 0.15) is 57.8 Å². The molecule has 1 aliphatic heterocycles. The monoisotopic (exact) mass is 435 g/mol. The van der Waals surface area contributed by atoms with Gasteiger partial charge in [0, 0.05) is 44.1 Å². The molecule has 1 saturated carbocycles. The van der Waals surface area contributed by atoms with Crippen molar-refractivity contribution in [3.05, 3.63) is 51.2 Å². The molecule has 2 aromatic rings. The number of hydrogen-bond donors (Lipinski definition) is 1. The van der Waals surface area contributed by atoms with Crippen LogP contribution in [0.25, 0.3) is 0 Å². The van der Waals surface area contributed by atoms with E-state index in [0.29, 0.717) is 23.0 Å². The molecular weight excluding hydrogens is 406 g/mol. The summed E-state index contributed by atoms with van der Waals surface area (Å²) in [5, 5.41) is 12.9. The molecule has 1 aromatic heterocycles. The summed E-state index contributed by atoms with van der Waals surface area (Å²) in [5.74, 6) is -0.0544. The molecular formula is C24H29N5OS. The van der Waals surface area contributed by atoms with Crippen molar-refractivity contribution in [2.24, 2.45) is 4.99 Å². The first-order valence-electron chi connectivity index (χ1n) is 11.0. The topological polar surface area (TPSA) is 71.7 Å². The van der Waals surface area contributed by atoms with Gasteiger partial charge in [-0.25, -0.2) is 4.99 Å². The van der Waals surface area contributed by atoms with E-state index in [0.717, 1.165) is 35.8 Å². The maximum atomic E-state index is 13.3. The molecule has 4 rings (SSSR count). The standard InChI is InChI=1S/C24H29N5OS/c1-28(16-19-8-4-3-7-18(19)14-25)24(30)23-22(27-17-29-11-5-2-6-12-29)13-21(31-23)15-26-20-9-10-20/h3-4,7-8,13,17,20,26H,2,5-6,9-12,15-16H2,1H3/b27-17+. The molecule has 1 aliphatic carbocycles. The number of piperidine rings is 1. The van der Waals surface area contributed by atoms with Crippen LogP contribution in [0.3, 0.4) is 0 Å². The molecule has 0 radical (unpaired) electrons. The van der Waals surface area contributed by atoms with Crippen LogP contribution in [-0.2, 0) is 13.1 Å². The number of carbonyl (C=O) groups excluding carboxylic acids is 1. The number of rotatable bonds is 8. The predicted octanol–water partition coefficient (Wildman–Crippen LogP) is 4.29. The average Bonchev–Trinajstić information content (AvgIpc) is 3.55. The largest absolute Gasteiger partial charge is 0.363 e. The summed E-state index contributed by atoms with van der Waals surface area (Å²) in [6.45, 7) is 3.22. The Balaban J connectivity index is 1.52. The number of amides is 1. The minimum atomic E-state index is -0.0544. The minimum Gasteiger partial charge on any atom is -0.363 e. The Kier molecular flexibility index (Phi) is 7.00. The first-order chi connectivity index (χ1) is 15.1. The Morgan fingerprint density at radius 1 is 1.32 bits per heavy atom. The molecule has 7 heteroatoms. The SMILES string of the molecule is CN(Cc1ccccc1C#N)C(=O)c1sc(CNC2CC2)cc1/N=C/N1CCCCC1. The van der Waals surface area contributed by atoms with Gasteiger partial charge in [0.15, 0.2) is 0 Å². The first kappa shape index (κ1) is 21.5. The van der Waals surface area contributed by atoms with Gasteiger partial charge in [-0.2, -0.15) is 5.26 Å². The lowest BCUT2D eigenvalue weighted by atomic mass is 10.1. The van der Waals surface area contributed by atoms with Crippen molar-refractivity contribution in [2.45, 2.75) is 51.2 Å². The fraction of sp³-hybridized carbons (Fsp3) is 0.458. The van der Waals surface area contributed by atoms with Crippen molar-refractivity contribution in [3.8, 4) is 6.07 Å². The van der Waals surface area contributed by atoms with E-state index < -0.39 is 0 Å². The summed E-state index contributed by atoms with van der Waals surface area (Å²) in [4.78, 5) is 23.8. The van der Waals surface area contributed by atoms with Gasteiger partial charge in [0.1, 0.15) is 4.88 Å². The van der Waals surface area contributed by atoms with E-state index in [1.54, 1.807) is 18.0 Å². The maximum absolute atomic E-state index is 13.3. The molecule has 31 heavy (non-hydrogen) atoms. The molecule has 1 N–H and O–H groups in total. The zero-order chi connectivity index (χ0) is 21.6. The highest BCUT2D eigenvalue weighted by Gasteiger charge is 2.23. The Labute approximate surface area is 188 Å². The Morgan fingerprint density at radius 3 is 2.84 bits per heavy atom. The molecule has 2 fully saturated rings. The molecule has 1 amide bonds. The summed E-state index contributed by atoms with van der Waals surface area (Å²) in [6.07, 6.45) is 8.04. The lowest BCUT2D eigenvalue weighted by molar-refractivity contribution is 0.0790. The van der Waals surface area contributed by atoms with E-state index in [-0.39, 0.29) is 5.91 Å². The molecule has 6 nitrogen and oxygen atoms in total. The van der Waals surface area contributed by atoms with Crippen molar-refractivity contribution in [3.63, 3.8) is 0 Å². The summed E-state index contributed by atoms with van der Waals surface area (Å²) in [5.41, 5.74) is 2.20. The quantitative estimate of drug-likeness (QED) is 0.496. The number of carbonyl (C=O) groups is 1. The van der Waals surface area contributed by atoms with Gasteiger partial charge in [-0.1, -0.05) is 18.2 Å². The van der Waals surface area contributed by atoms with Crippen LogP contribution in [0.5, 0.6) is 0 Å². The maximum Gasteiger partial charge on any atom is 0.266 e. The molecule has 0 unspecified atom stereocenters. The highest BCUT2D eigenvalue weighted by molar-refractivity contribution is 7.14. The summed E-state index contributed by atoms with van der Waals surface area (Å²) in [7, 11) is 1.79. The van der Waals surface area contributed by atoms with Crippen molar-refractivity contribution >= 4 is 29.3 Å². The van der Waals surface area contributed by atoms with Gasteiger partial charge in [0.2, 0.25) is 0 Å². The van der Waals surface area contributed by atoms with Crippen LogP contribution < -0.4 is 5.32 Å². The van der Waals surface area contributed by atoms with Crippen LogP contribution in [0.15, 0.2) is 35.3 Å². The van der Waals surface area contributed by atoms with Gasteiger partial charge in [-0.3, -0.25) is 4.79 Å². The number of nitriles is 1. The number of aliphatic imine (C=N–C) groups is 1. The fourth-order valence-corrected chi connectivity index (χ4v) is 4.79. The van der Waals surface area contributed by atoms with Gasteiger partial charge in [0.05, 0.1) is 23.7 Å². The molecule has 1 saturated heterocycles. The molecule has 0 spiro atoms. The molecule has 1 aromatic carbocycles. The molecule has 0 bridgehead atoms. The number of hydrogen-bond acceptors (Lipinski definition) is 5. The predicted molar refractivity (Wildman–Crippen MR) is 125 cm³/mol. The second kappa shape index (κ2) is 10.1. The van der Waals surface area contributed by atoms with E-state index in [9.17, 15) is 10.1 Å². The third kappa shape index (κ3) is 5.72. The van der Waals surface area contributed by atoms with E-state index in [2.05, 4.69) is 16.3 Å². The second-order valence-corrected chi connectivity index (χ2v) is 9.49. The summed E-state index contributed by atoms with van der Waals surface area (Å²) < 4.78 is 0. The average molecular weight is 436 g/mol. The number of benzene rings is 1. The number of nitrogens with one attached hydrogen (secondary N) is 1. The summed E-state index contributed by atoms with van der Waals surface area (Å²) in [6, 6.07) is 12.3. The molecule has 162 valence electrons. The molecule has 0 atom stereocenters. The van der Waals surface area contributed by atoms with Crippen molar-refractivity contribution in [1.82, 2.24) is 15.1 Å². The fourth-order valence-electron chi connectivity index (χ4n) is 3.75. The zero-order valence-electron chi connectivity index (χ0n) is 18.0. The van der Waals surface area contributed by atoms with Gasteiger partial charge in [-0.05, 0) is 49.8 Å². The van der Waals surface area contributed by atoms with Crippen LogP contribution in [0, 0.1) is 11.3 Å². The lowest BCUT2D eigenvalue weighted by Crippen LogP contribution is -2.28. The third-order valence-electron chi connectivity index (χ3n) is 5.74. The van der Waals surface area contributed by atoms with Crippen molar-refractivity contribution in [1.29, 1.82) is 5.26 Å². The van der Waals surface area contributed by atoms with Crippen LogP contribution in [0.2, 0.25) is 0 Å². The smallest absolute Gasteiger partial charge is 0.266 e. The zero-order valence-corrected chi connectivity index (χ0v) is 18.8. The van der Waals surface area contributed by atoms with Gasteiger partial charge in [0.25, 0.3) is 5.91 Å². The van der Waals surface area contributed by atoms with Crippen LogP contribution in [-0.4, -0.2) is 48.2 Å². The Morgan fingerprint density at radius 2 is 2.10 bits per heavy atom.